The SMILES string of the molecule is Cc1cc(-c2cc3ncccc3s2)ccc1O. The maximum absolute atomic E-state index is 9.52. The number of phenolic OH excluding ortho intramolecular Hbond substituents is 1. The number of phenols is 1. The van der Waals surface area contributed by atoms with Gasteiger partial charge in [-0.05, 0) is 54.4 Å². The molecule has 17 heavy (non-hydrogen) atoms. The standard InChI is InChI=1S/C14H11NOS/c1-9-7-10(4-5-12(9)16)14-8-11-13(17-14)3-2-6-15-11/h2-8,16H,1H3. The second-order valence-corrected chi connectivity index (χ2v) is 5.08. The molecule has 0 aliphatic carbocycles. The normalized spacial score (nSPS) is 10.9. The van der Waals surface area contributed by atoms with E-state index < -0.39 is 0 Å². The Morgan fingerprint density at radius 3 is 2.82 bits per heavy atom. The van der Waals surface area contributed by atoms with Gasteiger partial charge < -0.3 is 5.11 Å². The monoisotopic (exact) mass is 241 g/mol. The van der Waals surface area contributed by atoms with Crippen LogP contribution >= 0.6 is 11.3 Å². The Morgan fingerprint density at radius 2 is 2.06 bits per heavy atom. The summed E-state index contributed by atoms with van der Waals surface area (Å²) in [6, 6.07) is 11.8. The Labute approximate surface area is 103 Å². The summed E-state index contributed by atoms with van der Waals surface area (Å²) in [4.78, 5) is 5.51. The van der Waals surface area contributed by atoms with Crippen LogP contribution in [0.25, 0.3) is 20.7 Å². The van der Waals surface area contributed by atoms with E-state index in [0.717, 1.165) is 16.6 Å². The molecule has 0 atom stereocenters. The van der Waals surface area contributed by atoms with E-state index in [0.29, 0.717) is 5.75 Å². The highest BCUT2D eigenvalue weighted by Crippen LogP contribution is 2.34. The maximum Gasteiger partial charge on any atom is 0.118 e. The predicted octanol–water partition coefficient (Wildman–Crippen LogP) is 3.98. The van der Waals surface area contributed by atoms with E-state index in [1.807, 2.05) is 25.1 Å². The lowest BCUT2D eigenvalue weighted by atomic mass is 10.1. The Hall–Kier alpha value is -1.87. The van der Waals surface area contributed by atoms with Crippen LogP contribution in [0.5, 0.6) is 5.75 Å². The van der Waals surface area contributed by atoms with Crippen molar-refractivity contribution in [3.05, 3.63) is 48.2 Å². The fraction of sp³-hybridized carbons (Fsp3) is 0.0714. The van der Waals surface area contributed by atoms with Crippen molar-refractivity contribution in [3.8, 4) is 16.2 Å². The fourth-order valence-corrected chi connectivity index (χ4v) is 2.84. The van der Waals surface area contributed by atoms with Gasteiger partial charge in [-0.25, -0.2) is 0 Å². The molecule has 0 aliphatic heterocycles. The molecule has 0 radical (unpaired) electrons. The van der Waals surface area contributed by atoms with Gasteiger partial charge in [0.25, 0.3) is 0 Å². The van der Waals surface area contributed by atoms with Crippen molar-refractivity contribution < 1.29 is 5.11 Å². The summed E-state index contributed by atoms with van der Waals surface area (Å²) >= 11 is 1.72. The average Bonchev–Trinajstić information content (AvgIpc) is 2.76. The minimum Gasteiger partial charge on any atom is -0.508 e. The summed E-state index contributed by atoms with van der Waals surface area (Å²) in [5.74, 6) is 0.341. The number of aromatic nitrogens is 1. The van der Waals surface area contributed by atoms with Gasteiger partial charge in [-0.3, -0.25) is 4.98 Å². The summed E-state index contributed by atoms with van der Waals surface area (Å²) in [5.41, 5.74) is 3.05. The van der Waals surface area contributed by atoms with E-state index in [1.54, 1.807) is 23.6 Å². The molecule has 1 N–H and O–H groups in total. The molecule has 0 fully saturated rings. The number of nitrogens with zero attached hydrogens (tertiary/aromatic N) is 1. The van der Waals surface area contributed by atoms with Gasteiger partial charge in [-0.2, -0.15) is 0 Å². The highest BCUT2D eigenvalue weighted by atomic mass is 32.1. The molecule has 0 saturated carbocycles. The molecule has 3 aromatic rings. The molecule has 3 heteroatoms. The zero-order valence-corrected chi connectivity index (χ0v) is 10.2. The topological polar surface area (TPSA) is 33.1 Å². The van der Waals surface area contributed by atoms with Gasteiger partial charge in [0.05, 0.1) is 10.2 Å². The van der Waals surface area contributed by atoms with Gasteiger partial charge in [0.2, 0.25) is 0 Å². The summed E-state index contributed by atoms with van der Waals surface area (Å²) in [5, 5.41) is 9.52. The van der Waals surface area contributed by atoms with Gasteiger partial charge in [-0.1, -0.05) is 0 Å². The van der Waals surface area contributed by atoms with E-state index in [9.17, 15) is 5.11 Å². The smallest absolute Gasteiger partial charge is 0.118 e. The van der Waals surface area contributed by atoms with Crippen LogP contribution < -0.4 is 0 Å². The molecule has 0 bridgehead atoms. The first-order valence-corrected chi connectivity index (χ1v) is 6.20. The zero-order chi connectivity index (χ0) is 11.8. The number of thiophene rings is 1. The number of rotatable bonds is 1. The average molecular weight is 241 g/mol. The molecular weight excluding hydrogens is 230 g/mol. The second-order valence-electron chi connectivity index (χ2n) is 4.00. The van der Waals surface area contributed by atoms with Crippen LogP contribution in [0.15, 0.2) is 42.6 Å². The molecule has 0 spiro atoms. The van der Waals surface area contributed by atoms with Crippen LogP contribution in [0.1, 0.15) is 5.56 Å². The molecule has 0 aliphatic rings. The summed E-state index contributed by atoms with van der Waals surface area (Å²) in [6.07, 6.45) is 1.81. The summed E-state index contributed by atoms with van der Waals surface area (Å²) < 4.78 is 1.19. The lowest BCUT2D eigenvalue weighted by Gasteiger charge is -2.01. The van der Waals surface area contributed by atoms with Crippen molar-refractivity contribution in [3.63, 3.8) is 0 Å². The lowest BCUT2D eigenvalue weighted by Crippen LogP contribution is -1.76. The molecule has 0 saturated heterocycles. The van der Waals surface area contributed by atoms with Gasteiger partial charge in [0, 0.05) is 11.1 Å². The van der Waals surface area contributed by atoms with Crippen molar-refractivity contribution in [2.24, 2.45) is 0 Å². The van der Waals surface area contributed by atoms with E-state index in [1.165, 1.54) is 9.58 Å². The van der Waals surface area contributed by atoms with Gasteiger partial charge >= 0.3 is 0 Å². The third-order valence-electron chi connectivity index (χ3n) is 2.77. The zero-order valence-electron chi connectivity index (χ0n) is 9.34. The predicted molar refractivity (Wildman–Crippen MR) is 71.5 cm³/mol. The van der Waals surface area contributed by atoms with Gasteiger partial charge in [0.15, 0.2) is 0 Å². The van der Waals surface area contributed by atoms with Crippen LogP contribution in [-0.4, -0.2) is 10.1 Å². The first-order chi connectivity index (χ1) is 8.24. The molecule has 0 amide bonds. The van der Waals surface area contributed by atoms with Gasteiger partial charge in [0.1, 0.15) is 5.75 Å². The minimum atomic E-state index is 0.341. The Balaban J connectivity index is 2.17. The first-order valence-electron chi connectivity index (χ1n) is 5.38. The van der Waals surface area contributed by atoms with Crippen molar-refractivity contribution in [1.82, 2.24) is 4.98 Å². The number of fused-ring (bicyclic) bond motifs is 1. The summed E-state index contributed by atoms with van der Waals surface area (Å²) in [6.45, 7) is 1.91. The fourth-order valence-electron chi connectivity index (χ4n) is 1.82. The van der Waals surface area contributed by atoms with E-state index in [4.69, 9.17) is 0 Å². The molecular formula is C14H11NOS. The summed E-state index contributed by atoms with van der Waals surface area (Å²) in [7, 11) is 0. The van der Waals surface area contributed by atoms with Crippen LogP contribution in [0.2, 0.25) is 0 Å². The van der Waals surface area contributed by atoms with E-state index in [-0.39, 0.29) is 0 Å². The maximum atomic E-state index is 9.52. The quantitative estimate of drug-likeness (QED) is 0.699. The highest BCUT2D eigenvalue weighted by Gasteiger charge is 2.06. The number of pyridine rings is 1. The number of aryl methyl sites for hydroxylation is 1. The van der Waals surface area contributed by atoms with Crippen LogP contribution in [-0.2, 0) is 0 Å². The largest absolute Gasteiger partial charge is 0.508 e. The molecule has 3 rings (SSSR count). The Bertz CT molecular complexity index is 655. The van der Waals surface area contributed by atoms with E-state index >= 15 is 0 Å². The molecule has 84 valence electrons. The highest BCUT2D eigenvalue weighted by molar-refractivity contribution is 7.22. The first kappa shape index (κ1) is 10.3. The number of hydrogen-bond acceptors (Lipinski definition) is 3. The van der Waals surface area contributed by atoms with Crippen molar-refractivity contribution in [1.29, 1.82) is 0 Å². The third-order valence-corrected chi connectivity index (χ3v) is 3.91. The van der Waals surface area contributed by atoms with Crippen LogP contribution in [0.3, 0.4) is 0 Å². The van der Waals surface area contributed by atoms with Gasteiger partial charge in [-0.15, -0.1) is 11.3 Å². The number of aromatic hydroxyl groups is 1. The molecule has 1 aromatic carbocycles. The minimum absolute atomic E-state index is 0.341. The Kier molecular flexibility index (Phi) is 2.34. The van der Waals surface area contributed by atoms with Crippen molar-refractivity contribution in [2.45, 2.75) is 6.92 Å². The number of hydrogen-bond donors (Lipinski definition) is 1. The Morgan fingerprint density at radius 1 is 1.18 bits per heavy atom. The van der Waals surface area contributed by atoms with Crippen molar-refractivity contribution >= 4 is 21.6 Å². The molecule has 2 nitrogen and oxygen atoms in total. The number of benzene rings is 1. The lowest BCUT2D eigenvalue weighted by molar-refractivity contribution is 0.471. The van der Waals surface area contributed by atoms with E-state index in [2.05, 4.69) is 17.1 Å². The van der Waals surface area contributed by atoms with Crippen LogP contribution in [0, 0.1) is 6.92 Å². The molecule has 0 unspecified atom stereocenters. The van der Waals surface area contributed by atoms with Crippen molar-refractivity contribution in [2.75, 3.05) is 0 Å². The molecule has 2 heterocycles. The third kappa shape index (κ3) is 1.78. The second kappa shape index (κ2) is 3.86. The van der Waals surface area contributed by atoms with Crippen LogP contribution in [0.4, 0.5) is 0 Å². The molecule has 2 aromatic heterocycles.